The molecule has 2 rings (SSSR count). The number of carbonyl (C=O) groups excluding carboxylic acids is 1. The van der Waals surface area contributed by atoms with Crippen molar-refractivity contribution in [1.82, 2.24) is 9.97 Å². The van der Waals surface area contributed by atoms with Crippen LogP contribution >= 0.6 is 0 Å². The van der Waals surface area contributed by atoms with Gasteiger partial charge in [0.25, 0.3) is 5.91 Å². The smallest absolute Gasteiger partial charge is 0.275 e. The first kappa shape index (κ1) is 13.2. The summed E-state index contributed by atoms with van der Waals surface area (Å²) in [5.41, 5.74) is 1.51. The Labute approximate surface area is 115 Å². The number of nitriles is 2. The van der Waals surface area contributed by atoms with Gasteiger partial charge in [-0.1, -0.05) is 0 Å². The van der Waals surface area contributed by atoms with Crippen molar-refractivity contribution in [2.24, 2.45) is 0 Å². The Bertz CT molecular complexity index is 738. The van der Waals surface area contributed by atoms with Crippen LogP contribution in [0.4, 0.5) is 5.82 Å². The maximum Gasteiger partial charge on any atom is 0.275 e. The monoisotopic (exact) mass is 263 g/mol. The number of aryl methyl sites for hydroxylation is 1. The molecule has 0 saturated heterocycles. The number of carbonyl (C=O) groups is 1. The molecule has 0 aliphatic heterocycles. The van der Waals surface area contributed by atoms with Crippen molar-refractivity contribution < 1.29 is 4.79 Å². The first-order chi connectivity index (χ1) is 9.62. The van der Waals surface area contributed by atoms with Crippen molar-refractivity contribution in [3.63, 3.8) is 0 Å². The van der Waals surface area contributed by atoms with E-state index in [1.165, 1.54) is 18.3 Å². The molecule has 6 nitrogen and oxygen atoms in total. The summed E-state index contributed by atoms with van der Waals surface area (Å²) in [6.45, 7) is 1.71. The zero-order valence-electron chi connectivity index (χ0n) is 10.6. The molecule has 0 radical (unpaired) electrons. The summed E-state index contributed by atoms with van der Waals surface area (Å²) in [6.07, 6.45) is 1.36. The van der Waals surface area contributed by atoms with Gasteiger partial charge in [-0.05, 0) is 31.2 Å². The van der Waals surface area contributed by atoms with Crippen LogP contribution in [-0.2, 0) is 0 Å². The summed E-state index contributed by atoms with van der Waals surface area (Å²) in [5.74, 6) is -0.141. The standard InChI is InChI=1S/C14H9N5O/c1-9-4-11(7-16)5-12(18-9)14(20)19-13-3-2-10(6-15)8-17-13/h2-5,8H,1H3,(H,17,19,20). The zero-order chi connectivity index (χ0) is 14.5. The van der Waals surface area contributed by atoms with Crippen LogP contribution in [0.25, 0.3) is 0 Å². The first-order valence-electron chi connectivity index (χ1n) is 5.68. The molecule has 0 unspecified atom stereocenters. The van der Waals surface area contributed by atoms with E-state index in [1.54, 1.807) is 19.1 Å². The summed E-state index contributed by atoms with van der Waals surface area (Å²) in [6, 6.07) is 9.99. The molecule has 0 aliphatic carbocycles. The van der Waals surface area contributed by atoms with Crippen LogP contribution in [0.15, 0.2) is 30.5 Å². The number of amides is 1. The summed E-state index contributed by atoms with van der Waals surface area (Å²) in [5, 5.41) is 20.1. The van der Waals surface area contributed by atoms with Gasteiger partial charge in [0.2, 0.25) is 0 Å². The Hall–Kier alpha value is -3.25. The van der Waals surface area contributed by atoms with E-state index in [9.17, 15) is 4.79 Å². The molecule has 96 valence electrons. The minimum absolute atomic E-state index is 0.146. The third-order valence-corrected chi connectivity index (χ3v) is 2.45. The van der Waals surface area contributed by atoms with E-state index in [1.807, 2.05) is 12.1 Å². The lowest BCUT2D eigenvalue weighted by Gasteiger charge is -2.05. The van der Waals surface area contributed by atoms with E-state index in [0.717, 1.165) is 0 Å². The van der Waals surface area contributed by atoms with Gasteiger partial charge in [-0.15, -0.1) is 0 Å². The number of rotatable bonds is 2. The lowest BCUT2D eigenvalue weighted by Crippen LogP contribution is -2.15. The van der Waals surface area contributed by atoms with Gasteiger partial charge in [-0.2, -0.15) is 10.5 Å². The zero-order valence-corrected chi connectivity index (χ0v) is 10.6. The lowest BCUT2D eigenvalue weighted by molar-refractivity contribution is 0.102. The van der Waals surface area contributed by atoms with Crippen molar-refractivity contribution in [2.75, 3.05) is 5.32 Å². The second kappa shape index (κ2) is 5.59. The van der Waals surface area contributed by atoms with Gasteiger partial charge in [0, 0.05) is 11.9 Å². The molecule has 20 heavy (non-hydrogen) atoms. The number of nitrogens with zero attached hydrogens (tertiary/aromatic N) is 4. The average molecular weight is 263 g/mol. The van der Waals surface area contributed by atoms with Gasteiger partial charge in [-0.25, -0.2) is 9.97 Å². The number of pyridine rings is 2. The predicted molar refractivity (Wildman–Crippen MR) is 70.6 cm³/mol. The fraction of sp³-hybridized carbons (Fsp3) is 0.0714. The number of anilines is 1. The SMILES string of the molecule is Cc1cc(C#N)cc(C(=O)Nc2ccc(C#N)cn2)n1. The van der Waals surface area contributed by atoms with Gasteiger partial charge in [0.05, 0.1) is 17.2 Å². The molecule has 0 spiro atoms. The Morgan fingerprint density at radius 1 is 1.20 bits per heavy atom. The summed E-state index contributed by atoms with van der Waals surface area (Å²) < 4.78 is 0. The van der Waals surface area contributed by atoms with Crippen LogP contribution in [0.3, 0.4) is 0 Å². The molecule has 1 amide bonds. The normalized spacial score (nSPS) is 9.35. The van der Waals surface area contributed by atoms with E-state index in [4.69, 9.17) is 10.5 Å². The number of hydrogen-bond acceptors (Lipinski definition) is 5. The van der Waals surface area contributed by atoms with Crippen molar-refractivity contribution in [2.45, 2.75) is 6.92 Å². The highest BCUT2D eigenvalue weighted by atomic mass is 16.1. The van der Waals surface area contributed by atoms with E-state index < -0.39 is 5.91 Å². The average Bonchev–Trinajstić information content (AvgIpc) is 2.47. The summed E-state index contributed by atoms with van der Waals surface area (Å²) >= 11 is 0. The Balaban J connectivity index is 2.22. The van der Waals surface area contributed by atoms with Gasteiger partial charge in [0.15, 0.2) is 0 Å². The predicted octanol–water partition coefficient (Wildman–Crippen LogP) is 1.78. The Morgan fingerprint density at radius 2 is 1.95 bits per heavy atom. The molecule has 2 heterocycles. The van der Waals surface area contributed by atoms with Crippen LogP contribution in [0.2, 0.25) is 0 Å². The molecule has 0 fully saturated rings. The largest absolute Gasteiger partial charge is 0.305 e. The molecule has 0 saturated carbocycles. The van der Waals surface area contributed by atoms with Crippen molar-refractivity contribution in [1.29, 1.82) is 10.5 Å². The number of nitrogens with one attached hydrogen (secondary N) is 1. The van der Waals surface area contributed by atoms with Crippen molar-refractivity contribution in [3.8, 4) is 12.1 Å². The third-order valence-electron chi connectivity index (χ3n) is 2.45. The van der Waals surface area contributed by atoms with Crippen LogP contribution in [-0.4, -0.2) is 15.9 Å². The minimum Gasteiger partial charge on any atom is -0.305 e. The van der Waals surface area contributed by atoms with Gasteiger partial charge < -0.3 is 5.32 Å². The van der Waals surface area contributed by atoms with Crippen molar-refractivity contribution >= 4 is 11.7 Å². The molecule has 0 bridgehead atoms. The van der Waals surface area contributed by atoms with E-state index >= 15 is 0 Å². The van der Waals surface area contributed by atoms with E-state index in [0.29, 0.717) is 22.6 Å². The molecular weight excluding hydrogens is 254 g/mol. The van der Waals surface area contributed by atoms with Gasteiger partial charge in [0.1, 0.15) is 17.6 Å². The van der Waals surface area contributed by atoms with E-state index in [2.05, 4.69) is 15.3 Å². The molecule has 2 aromatic heterocycles. The molecular formula is C14H9N5O. The molecule has 2 aromatic rings. The summed E-state index contributed by atoms with van der Waals surface area (Å²) in [4.78, 5) is 20.0. The highest BCUT2D eigenvalue weighted by Gasteiger charge is 2.10. The Kier molecular flexibility index (Phi) is 3.69. The fourth-order valence-electron chi connectivity index (χ4n) is 1.56. The topological polar surface area (TPSA) is 102 Å². The van der Waals surface area contributed by atoms with Crippen LogP contribution < -0.4 is 5.32 Å². The fourth-order valence-corrected chi connectivity index (χ4v) is 1.56. The van der Waals surface area contributed by atoms with Crippen LogP contribution in [0.1, 0.15) is 27.3 Å². The van der Waals surface area contributed by atoms with Crippen molar-refractivity contribution in [3.05, 3.63) is 53.0 Å². The first-order valence-corrected chi connectivity index (χ1v) is 5.68. The third kappa shape index (κ3) is 2.95. The molecule has 0 aliphatic rings. The van der Waals surface area contributed by atoms with Gasteiger partial charge >= 0.3 is 0 Å². The van der Waals surface area contributed by atoms with Crippen LogP contribution in [0.5, 0.6) is 0 Å². The second-order valence-corrected chi connectivity index (χ2v) is 3.99. The van der Waals surface area contributed by atoms with Gasteiger partial charge in [-0.3, -0.25) is 4.79 Å². The molecule has 1 N–H and O–H groups in total. The summed E-state index contributed by atoms with van der Waals surface area (Å²) in [7, 11) is 0. The number of aromatic nitrogens is 2. The Morgan fingerprint density at radius 3 is 2.55 bits per heavy atom. The highest BCUT2D eigenvalue weighted by Crippen LogP contribution is 2.09. The second-order valence-electron chi connectivity index (χ2n) is 3.99. The molecule has 6 heteroatoms. The minimum atomic E-state index is -0.456. The van der Waals surface area contributed by atoms with E-state index in [-0.39, 0.29) is 5.69 Å². The lowest BCUT2D eigenvalue weighted by atomic mass is 10.2. The number of hydrogen-bond donors (Lipinski definition) is 1. The quantitative estimate of drug-likeness (QED) is 0.889. The maximum absolute atomic E-state index is 12.0. The van der Waals surface area contributed by atoms with Crippen LogP contribution in [0, 0.1) is 29.6 Å². The molecule has 0 atom stereocenters. The maximum atomic E-state index is 12.0. The highest BCUT2D eigenvalue weighted by molar-refractivity contribution is 6.02. The molecule has 0 aromatic carbocycles.